The van der Waals surface area contributed by atoms with Gasteiger partial charge in [-0.2, -0.15) is 4.39 Å². The predicted octanol–water partition coefficient (Wildman–Crippen LogP) is 2.86. The molecule has 0 radical (unpaired) electrons. The Morgan fingerprint density at radius 3 is 2.50 bits per heavy atom. The fourth-order valence-electron chi connectivity index (χ4n) is 2.43. The number of amides is 2. The largest absolute Gasteiger partial charge is 0.451 e. The summed E-state index contributed by atoms with van der Waals surface area (Å²) in [6, 6.07) is 9.71. The fourth-order valence-corrected chi connectivity index (χ4v) is 2.43. The maximum Gasteiger partial charge on any atom is 0.305 e. The molecule has 0 atom stereocenters. The number of nitro groups is 1. The standard InChI is InChI=1S/C17H12FN3O5/c1-9-11-4-2-3-5-14(11)26-15(9)17(23)20-19-16(22)10-6-7-12(18)13(8-10)21(24)25/h2-8H,1H3,(H,19,22)(H,20,23). The van der Waals surface area contributed by atoms with E-state index in [2.05, 4.69) is 10.9 Å². The van der Waals surface area contributed by atoms with Gasteiger partial charge in [-0.05, 0) is 25.1 Å². The van der Waals surface area contributed by atoms with Crippen LogP contribution in [0, 0.1) is 22.9 Å². The second-order valence-electron chi connectivity index (χ2n) is 5.38. The normalized spacial score (nSPS) is 10.5. The van der Waals surface area contributed by atoms with E-state index >= 15 is 0 Å². The van der Waals surface area contributed by atoms with Gasteiger partial charge in [0.25, 0.3) is 5.91 Å². The van der Waals surface area contributed by atoms with E-state index in [1.165, 1.54) is 0 Å². The van der Waals surface area contributed by atoms with E-state index in [0.717, 1.165) is 23.6 Å². The van der Waals surface area contributed by atoms with Gasteiger partial charge in [-0.15, -0.1) is 0 Å². The summed E-state index contributed by atoms with van der Waals surface area (Å²) in [6.45, 7) is 1.70. The molecule has 0 spiro atoms. The van der Waals surface area contributed by atoms with Crippen LogP contribution >= 0.6 is 0 Å². The summed E-state index contributed by atoms with van der Waals surface area (Å²) in [5, 5.41) is 11.5. The minimum Gasteiger partial charge on any atom is -0.451 e. The van der Waals surface area contributed by atoms with Crippen molar-refractivity contribution in [1.29, 1.82) is 0 Å². The molecule has 0 saturated heterocycles. The van der Waals surface area contributed by atoms with Crippen molar-refractivity contribution in [3.8, 4) is 0 Å². The Labute approximate surface area is 145 Å². The Morgan fingerprint density at radius 1 is 1.12 bits per heavy atom. The summed E-state index contributed by atoms with van der Waals surface area (Å²) >= 11 is 0. The number of furan rings is 1. The van der Waals surface area contributed by atoms with Gasteiger partial charge < -0.3 is 4.42 Å². The number of fused-ring (bicyclic) bond motifs is 1. The minimum absolute atomic E-state index is 0.0246. The highest BCUT2D eigenvalue weighted by molar-refractivity contribution is 6.01. The fraction of sp³-hybridized carbons (Fsp3) is 0.0588. The van der Waals surface area contributed by atoms with Gasteiger partial charge in [0.05, 0.1) is 4.92 Å². The molecule has 0 saturated carbocycles. The van der Waals surface area contributed by atoms with Gasteiger partial charge in [0.2, 0.25) is 5.82 Å². The van der Waals surface area contributed by atoms with Crippen LogP contribution in [0.2, 0.25) is 0 Å². The van der Waals surface area contributed by atoms with Gasteiger partial charge in [0, 0.05) is 22.6 Å². The summed E-state index contributed by atoms with van der Waals surface area (Å²) in [5.41, 5.74) is 4.39. The van der Waals surface area contributed by atoms with Crippen molar-refractivity contribution < 1.29 is 23.3 Å². The summed E-state index contributed by atoms with van der Waals surface area (Å²) in [4.78, 5) is 34.0. The number of nitrogens with one attached hydrogen (secondary N) is 2. The van der Waals surface area contributed by atoms with Crippen molar-refractivity contribution in [2.45, 2.75) is 6.92 Å². The second kappa shape index (κ2) is 6.63. The number of benzene rings is 2. The number of hydrazine groups is 1. The molecule has 26 heavy (non-hydrogen) atoms. The molecule has 3 aromatic rings. The van der Waals surface area contributed by atoms with Crippen LogP contribution in [0.5, 0.6) is 0 Å². The first-order chi connectivity index (χ1) is 12.4. The number of carbonyl (C=O) groups is 2. The molecule has 2 N–H and O–H groups in total. The number of para-hydroxylation sites is 1. The lowest BCUT2D eigenvalue weighted by Gasteiger charge is -2.06. The van der Waals surface area contributed by atoms with E-state index in [9.17, 15) is 24.1 Å². The van der Waals surface area contributed by atoms with E-state index in [-0.39, 0.29) is 11.3 Å². The average Bonchev–Trinajstić information content (AvgIpc) is 2.97. The second-order valence-corrected chi connectivity index (χ2v) is 5.38. The molecule has 0 aliphatic rings. The number of hydrogen-bond donors (Lipinski definition) is 2. The third-order valence-corrected chi connectivity index (χ3v) is 3.74. The summed E-state index contributed by atoms with van der Waals surface area (Å²) < 4.78 is 18.8. The molecule has 1 aromatic heterocycles. The molecular weight excluding hydrogens is 345 g/mol. The smallest absolute Gasteiger partial charge is 0.305 e. The molecule has 2 amide bonds. The minimum atomic E-state index is -1.06. The molecule has 9 heteroatoms. The molecule has 0 bridgehead atoms. The first-order valence-corrected chi connectivity index (χ1v) is 7.41. The van der Waals surface area contributed by atoms with E-state index in [4.69, 9.17) is 4.42 Å². The van der Waals surface area contributed by atoms with Crippen molar-refractivity contribution >= 4 is 28.5 Å². The van der Waals surface area contributed by atoms with Crippen molar-refractivity contribution in [2.24, 2.45) is 0 Å². The van der Waals surface area contributed by atoms with E-state index in [1.54, 1.807) is 31.2 Å². The molecule has 1 heterocycles. The predicted molar refractivity (Wildman–Crippen MR) is 88.9 cm³/mol. The van der Waals surface area contributed by atoms with Crippen LogP contribution in [0.3, 0.4) is 0 Å². The van der Waals surface area contributed by atoms with Crippen LogP contribution in [0.1, 0.15) is 26.5 Å². The molecule has 0 fully saturated rings. The summed E-state index contributed by atoms with van der Waals surface area (Å²) in [5.74, 6) is -2.57. The Bertz CT molecular complexity index is 1040. The molecule has 0 aliphatic carbocycles. The zero-order valence-corrected chi connectivity index (χ0v) is 13.4. The van der Waals surface area contributed by atoms with Gasteiger partial charge in [-0.1, -0.05) is 18.2 Å². The van der Waals surface area contributed by atoms with Gasteiger partial charge in [-0.25, -0.2) is 0 Å². The Kier molecular flexibility index (Phi) is 4.36. The molecule has 2 aromatic carbocycles. The highest BCUT2D eigenvalue weighted by Gasteiger charge is 2.20. The lowest BCUT2D eigenvalue weighted by Crippen LogP contribution is -2.41. The molecule has 0 unspecified atom stereocenters. The van der Waals surface area contributed by atoms with Gasteiger partial charge in [0.15, 0.2) is 5.76 Å². The molecule has 132 valence electrons. The Balaban J connectivity index is 1.75. The zero-order valence-electron chi connectivity index (χ0n) is 13.4. The maximum atomic E-state index is 13.3. The van der Waals surface area contributed by atoms with Gasteiger partial charge in [-0.3, -0.25) is 30.6 Å². The maximum absolute atomic E-state index is 13.3. The number of hydrogen-bond acceptors (Lipinski definition) is 5. The molecule has 3 rings (SSSR count). The van der Waals surface area contributed by atoms with Crippen LogP contribution in [0.25, 0.3) is 11.0 Å². The monoisotopic (exact) mass is 357 g/mol. The number of carbonyl (C=O) groups excluding carboxylic acids is 2. The van der Waals surface area contributed by atoms with Crippen molar-refractivity contribution in [1.82, 2.24) is 10.9 Å². The van der Waals surface area contributed by atoms with E-state index < -0.39 is 28.2 Å². The van der Waals surface area contributed by atoms with E-state index in [1.807, 2.05) is 0 Å². The lowest BCUT2D eigenvalue weighted by molar-refractivity contribution is -0.387. The van der Waals surface area contributed by atoms with Crippen molar-refractivity contribution in [3.63, 3.8) is 0 Å². The van der Waals surface area contributed by atoms with Gasteiger partial charge >= 0.3 is 11.6 Å². The number of aryl methyl sites for hydroxylation is 1. The topological polar surface area (TPSA) is 114 Å². The Hall–Kier alpha value is -3.75. The van der Waals surface area contributed by atoms with Crippen molar-refractivity contribution in [2.75, 3.05) is 0 Å². The number of halogens is 1. The average molecular weight is 357 g/mol. The SMILES string of the molecule is Cc1c(C(=O)NNC(=O)c2ccc(F)c([N+](=O)[O-])c2)oc2ccccc12. The van der Waals surface area contributed by atoms with E-state index in [0.29, 0.717) is 11.1 Å². The van der Waals surface area contributed by atoms with Crippen LogP contribution < -0.4 is 10.9 Å². The quantitative estimate of drug-likeness (QED) is 0.552. The first-order valence-electron chi connectivity index (χ1n) is 7.41. The highest BCUT2D eigenvalue weighted by Crippen LogP contribution is 2.24. The number of rotatable bonds is 3. The zero-order chi connectivity index (χ0) is 18.8. The third-order valence-electron chi connectivity index (χ3n) is 3.74. The number of nitrogens with zero attached hydrogens (tertiary/aromatic N) is 1. The Morgan fingerprint density at radius 2 is 1.81 bits per heavy atom. The van der Waals surface area contributed by atoms with Gasteiger partial charge in [0.1, 0.15) is 5.58 Å². The summed E-state index contributed by atoms with van der Waals surface area (Å²) in [6.07, 6.45) is 0. The van der Waals surface area contributed by atoms with Crippen LogP contribution in [0.4, 0.5) is 10.1 Å². The highest BCUT2D eigenvalue weighted by atomic mass is 19.1. The van der Waals surface area contributed by atoms with Crippen molar-refractivity contribution in [3.05, 3.63) is 75.3 Å². The molecule has 8 nitrogen and oxygen atoms in total. The van der Waals surface area contributed by atoms with Crippen LogP contribution in [0.15, 0.2) is 46.9 Å². The molecule has 0 aliphatic heterocycles. The first kappa shape index (κ1) is 17.1. The molecular formula is C17H12FN3O5. The van der Waals surface area contributed by atoms with Crippen LogP contribution in [-0.4, -0.2) is 16.7 Å². The summed E-state index contributed by atoms with van der Waals surface area (Å²) in [7, 11) is 0. The lowest BCUT2D eigenvalue weighted by atomic mass is 10.1. The third kappa shape index (κ3) is 3.09. The number of nitro benzene ring substituents is 1. The van der Waals surface area contributed by atoms with Crippen LogP contribution in [-0.2, 0) is 0 Å².